The fraction of sp³-hybridized carbons (Fsp3) is 0.576. The zero-order valence-corrected chi connectivity index (χ0v) is 22.6. The molecule has 4 rings (SSSR count). The predicted octanol–water partition coefficient (Wildman–Crippen LogP) is 11.0. The van der Waals surface area contributed by atoms with E-state index in [1.165, 1.54) is 82.4 Å². The first-order valence-electron chi connectivity index (χ1n) is 14.7. The fourth-order valence-corrected chi connectivity index (χ4v) is 6.72. The summed E-state index contributed by atoms with van der Waals surface area (Å²) in [7, 11) is 0. The largest absolute Gasteiger partial charge is 0.206 e. The monoisotopic (exact) mass is 532 g/mol. The number of rotatable bonds is 10. The van der Waals surface area contributed by atoms with E-state index in [1.54, 1.807) is 0 Å². The van der Waals surface area contributed by atoms with Crippen LogP contribution in [0.2, 0.25) is 0 Å². The summed E-state index contributed by atoms with van der Waals surface area (Å²) in [6.07, 6.45) is 20.0. The lowest BCUT2D eigenvalue weighted by Gasteiger charge is -2.30. The molecule has 0 saturated heterocycles. The second kappa shape index (κ2) is 13.8. The first-order chi connectivity index (χ1) is 18.3. The number of halogens is 5. The highest BCUT2D eigenvalue weighted by Gasteiger charge is 2.25. The molecule has 0 unspecified atom stereocenters. The summed E-state index contributed by atoms with van der Waals surface area (Å²) in [6.45, 7) is 2.29. The van der Waals surface area contributed by atoms with Crippen molar-refractivity contribution in [1.29, 1.82) is 0 Å². The topological polar surface area (TPSA) is 0 Å². The maximum Gasteiger partial charge on any atom is 0.194 e. The maximum atomic E-state index is 14.8. The molecule has 0 amide bonds. The quantitative estimate of drug-likeness (QED) is 0.124. The second-order valence-corrected chi connectivity index (χ2v) is 11.7. The van der Waals surface area contributed by atoms with Crippen LogP contribution in [0.25, 0.3) is 12.2 Å². The summed E-state index contributed by atoms with van der Waals surface area (Å²) < 4.78 is 69.5. The van der Waals surface area contributed by atoms with Gasteiger partial charge in [0.15, 0.2) is 17.5 Å². The highest BCUT2D eigenvalue weighted by Crippen LogP contribution is 2.39. The Labute approximate surface area is 224 Å². The first-order valence-corrected chi connectivity index (χ1v) is 14.7. The lowest BCUT2D eigenvalue weighted by atomic mass is 9.76. The molecule has 0 nitrogen and oxygen atoms in total. The maximum absolute atomic E-state index is 14.8. The molecular formula is C33H41F5. The van der Waals surface area contributed by atoms with Crippen molar-refractivity contribution in [2.45, 2.75) is 103 Å². The lowest BCUT2D eigenvalue weighted by Crippen LogP contribution is -2.15. The van der Waals surface area contributed by atoms with Gasteiger partial charge in [-0.15, -0.1) is 0 Å². The average Bonchev–Trinajstić information content (AvgIpc) is 2.90. The summed E-state index contributed by atoms with van der Waals surface area (Å²) >= 11 is 0. The fourth-order valence-electron chi connectivity index (χ4n) is 6.72. The molecule has 0 radical (unpaired) electrons. The minimum Gasteiger partial charge on any atom is -0.206 e. The summed E-state index contributed by atoms with van der Waals surface area (Å²) in [5.74, 6) is -2.91. The van der Waals surface area contributed by atoms with E-state index in [1.807, 2.05) is 0 Å². The smallest absolute Gasteiger partial charge is 0.194 e. The summed E-state index contributed by atoms with van der Waals surface area (Å²) in [5, 5.41) is 0. The van der Waals surface area contributed by atoms with Crippen LogP contribution in [-0.4, -0.2) is 0 Å². The van der Waals surface area contributed by atoms with Crippen LogP contribution in [-0.2, 0) is 0 Å². The first kappa shape index (κ1) is 28.8. The van der Waals surface area contributed by atoms with Gasteiger partial charge >= 0.3 is 0 Å². The van der Waals surface area contributed by atoms with E-state index < -0.39 is 29.1 Å². The molecule has 0 aromatic heterocycles. The van der Waals surface area contributed by atoms with Crippen molar-refractivity contribution in [2.75, 3.05) is 0 Å². The lowest BCUT2D eigenvalue weighted by molar-refractivity contribution is 0.243. The van der Waals surface area contributed by atoms with Crippen molar-refractivity contribution < 1.29 is 22.0 Å². The van der Waals surface area contributed by atoms with Crippen molar-refractivity contribution in [3.05, 3.63) is 70.0 Å². The minimum absolute atomic E-state index is 0.0121. The van der Waals surface area contributed by atoms with Gasteiger partial charge in [-0.2, -0.15) is 0 Å². The van der Waals surface area contributed by atoms with Gasteiger partial charge in [0.25, 0.3) is 0 Å². The van der Waals surface area contributed by atoms with Gasteiger partial charge in [0.2, 0.25) is 0 Å². The Kier molecular flexibility index (Phi) is 10.4. The van der Waals surface area contributed by atoms with E-state index in [-0.39, 0.29) is 17.0 Å². The van der Waals surface area contributed by atoms with Crippen LogP contribution in [0.1, 0.15) is 119 Å². The number of hydrogen-bond donors (Lipinski definition) is 0. The predicted molar refractivity (Wildman–Crippen MR) is 145 cm³/mol. The summed E-state index contributed by atoms with van der Waals surface area (Å²) in [5.41, 5.74) is 0.390. The van der Waals surface area contributed by atoms with Crippen molar-refractivity contribution in [2.24, 2.45) is 17.8 Å². The molecule has 2 aliphatic rings. The van der Waals surface area contributed by atoms with Crippen LogP contribution in [0.15, 0.2) is 24.3 Å². The van der Waals surface area contributed by atoms with E-state index in [0.29, 0.717) is 11.5 Å². The van der Waals surface area contributed by atoms with E-state index >= 15 is 0 Å². The second-order valence-electron chi connectivity index (χ2n) is 11.7. The SMILES string of the molecule is CCC[C@H]1CC[C@H](CCCC[C@H]2CC[C@H](c3cc(F)c(C=Cc4cc(F)c(F)c(F)c4)c(F)c3)CC2)CC1. The Bertz CT molecular complexity index is 1030. The molecule has 5 heteroatoms. The van der Waals surface area contributed by atoms with Crippen LogP contribution >= 0.6 is 0 Å². The summed E-state index contributed by atoms with van der Waals surface area (Å²) in [6, 6.07) is 4.34. The molecule has 0 spiro atoms. The van der Waals surface area contributed by atoms with E-state index in [4.69, 9.17) is 0 Å². The number of benzene rings is 2. The molecule has 2 aromatic carbocycles. The number of hydrogen-bond acceptors (Lipinski definition) is 0. The third-order valence-corrected chi connectivity index (χ3v) is 9.01. The molecule has 0 N–H and O–H groups in total. The van der Waals surface area contributed by atoms with Crippen LogP contribution < -0.4 is 0 Å². The van der Waals surface area contributed by atoms with Crippen LogP contribution in [0.4, 0.5) is 22.0 Å². The molecule has 0 bridgehead atoms. The van der Waals surface area contributed by atoms with Gasteiger partial charge in [0.05, 0.1) is 0 Å². The zero-order valence-electron chi connectivity index (χ0n) is 22.6. The molecular weight excluding hydrogens is 491 g/mol. The third kappa shape index (κ3) is 7.70. The van der Waals surface area contributed by atoms with Gasteiger partial charge in [-0.25, -0.2) is 22.0 Å². The van der Waals surface area contributed by atoms with Crippen LogP contribution in [0.5, 0.6) is 0 Å². The van der Waals surface area contributed by atoms with Gasteiger partial charge in [0.1, 0.15) is 11.6 Å². The van der Waals surface area contributed by atoms with E-state index in [9.17, 15) is 22.0 Å². The molecule has 0 heterocycles. The Hall–Kier alpha value is -2.17. The molecule has 2 saturated carbocycles. The van der Waals surface area contributed by atoms with Crippen molar-refractivity contribution in [3.63, 3.8) is 0 Å². The highest BCUT2D eigenvalue weighted by molar-refractivity contribution is 5.70. The Morgan fingerprint density at radius 1 is 0.605 bits per heavy atom. The highest BCUT2D eigenvalue weighted by atomic mass is 19.2. The Morgan fingerprint density at radius 3 is 1.58 bits per heavy atom. The molecule has 0 atom stereocenters. The molecule has 2 aromatic rings. The molecule has 208 valence electrons. The molecule has 2 fully saturated rings. The van der Waals surface area contributed by atoms with Gasteiger partial charge in [-0.05, 0) is 90.8 Å². The Balaban J connectivity index is 1.22. The van der Waals surface area contributed by atoms with Crippen molar-refractivity contribution >= 4 is 12.2 Å². The van der Waals surface area contributed by atoms with Gasteiger partial charge < -0.3 is 0 Å². The van der Waals surface area contributed by atoms with Crippen molar-refractivity contribution in [1.82, 2.24) is 0 Å². The van der Waals surface area contributed by atoms with Crippen LogP contribution in [0.3, 0.4) is 0 Å². The van der Waals surface area contributed by atoms with Crippen LogP contribution in [0, 0.1) is 46.8 Å². The van der Waals surface area contributed by atoms with Gasteiger partial charge in [0, 0.05) is 5.56 Å². The standard InChI is InChI=1S/C33H41F5/c1-2-5-22-8-10-23(11-9-22)6-3-4-7-24-12-15-26(16-13-24)27-20-29(34)28(30(35)21-27)17-14-25-18-31(36)33(38)32(37)19-25/h14,17-24,26H,2-13,15-16H2,1H3/t22-,23-,24-,26-. The molecule has 0 aliphatic heterocycles. The molecule has 2 aliphatic carbocycles. The average molecular weight is 533 g/mol. The van der Waals surface area contributed by atoms with Gasteiger partial charge in [-0.1, -0.05) is 77.2 Å². The normalized spacial score (nSPS) is 24.3. The summed E-state index contributed by atoms with van der Waals surface area (Å²) in [4.78, 5) is 0. The number of unbranched alkanes of at least 4 members (excludes halogenated alkanes) is 1. The van der Waals surface area contributed by atoms with E-state index in [2.05, 4.69) is 6.92 Å². The van der Waals surface area contributed by atoms with Gasteiger partial charge in [-0.3, -0.25) is 0 Å². The molecule has 38 heavy (non-hydrogen) atoms. The van der Waals surface area contributed by atoms with Crippen molar-refractivity contribution in [3.8, 4) is 0 Å². The zero-order chi connectivity index (χ0) is 27.1. The van der Waals surface area contributed by atoms with E-state index in [0.717, 1.165) is 55.7 Å². The third-order valence-electron chi connectivity index (χ3n) is 9.01. The Morgan fingerprint density at radius 2 is 1.08 bits per heavy atom. The minimum atomic E-state index is -1.57.